The Morgan fingerprint density at radius 3 is 2.65 bits per heavy atom. The predicted molar refractivity (Wildman–Crippen MR) is 108 cm³/mol. The second-order valence-corrected chi connectivity index (χ2v) is 8.04. The second kappa shape index (κ2) is 10.5. The van der Waals surface area contributed by atoms with Crippen molar-refractivity contribution < 1.29 is 9.53 Å². The summed E-state index contributed by atoms with van der Waals surface area (Å²) in [7, 11) is 4.09. The van der Waals surface area contributed by atoms with Crippen molar-refractivity contribution in [1.29, 1.82) is 0 Å². The van der Waals surface area contributed by atoms with Gasteiger partial charge in [0.05, 0.1) is 6.42 Å². The van der Waals surface area contributed by atoms with Crippen LogP contribution in [0.4, 0.5) is 0 Å². The molecule has 1 aromatic rings. The van der Waals surface area contributed by atoms with Gasteiger partial charge in [0.1, 0.15) is 5.75 Å². The number of esters is 1. The van der Waals surface area contributed by atoms with E-state index in [2.05, 4.69) is 30.9 Å². The lowest BCUT2D eigenvalue weighted by molar-refractivity contribution is -0.133. The fourth-order valence-electron chi connectivity index (χ4n) is 3.73. The normalized spacial score (nSPS) is 18.2. The van der Waals surface area contributed by atoms with Crippen molar-refractivity contribution in [2.75, 3.05) is 14.1 Å². The molecule has 2 atom stereocenters. The summed E-state index contributed by atoms with van der Waals surface area (Å²) < 4.78 is 5.51. The molecule has 2 rings (SSSR count). The van der Waals surface area contributed by atoms with Crippen LogP contribution in [0.1, 0.15) is 70.4 Å². The first-order valence-corrected chi connectivity index (χ1v) is 10.1. The lowest BCUT2D eigenvalue weighted by Crippen LogP contribution is -2.16. The number of rotatable bonds is 8. The smallest absolute Gasteiger partial charge is 0.315 e. The summed E-state index contributed by atoms with van der Waals surface area (Å²) in [5.41, 5.74) is 1.15. The lowest BCUT2D eigenvalue weighted by atomic mass is 9.83. The van der Waals surface area contributed by atoms with Gasteiger partial charge < -0.3 is 9.64 Å². The van der Waals surface area contributed by atoms with Crippen LogP contribution in [0.15, 0.2) is 36.4 Å². The number of benzene rings is 1. The standard InChI is InChI=1S/C23H35NO2/c1-18(16-20-11-6-5-7-12-20)10-8-15-23(25)26-22-14-9-13-21(17-22)19(2)24(3)4/h8-10,13-14,17-20H,5-7,11-12,15-16H2,1-4H3. The summed E-state index contributed by atoms with van der Waals surface area (Å²) >= 11 is 0. The molecular weight excluding hydrogens is 322 g/mol. The zero-order chi connectivity index (χ0) is 18.9. The Morgan fingerprint density at radius 2 is 1.96 bits per heavy atom. The monoisotopic (exact) mass is 357 g/mol. The molecule has 3 nitrogen and oxygen atoms in total. The number of carbonyl (C=O) groups is 1. The van der Waals surface area contributed by atoms with Crippen LogP contribution in [0.25, 0.3) is 0 Å². The summed E-state index contributed by atoms with van der Waals surface area (Å²) in [6.45, 7) is 4.39. The molecule has 26 heavy (non-hydrogen) atoms. The van der Waals surface area contributed by atoms with E-state index in [4.69, 9.17) is 4.74 Å². The van der Waals surface area contributed by atoms with E-state index >= 15 is 0 Å². The summed E-state index contributed by atoms with van der Waals surface area (Å²) in [6, 6.07) is 8.10. The fourth-order valence-corrected chi connectivity index (χ4v) is 3.73. The average Bonchev–Trinajstić information content (AvgIpc) is 2.62. The van der Waals surface area contributed by atoms with Crippen LogP contribution >= 0.6 is 0 Å². The molecule has 1 aliphatic rings. The molecule has 0 heterocycles. The Labute approximate surface area is 159 Å². The average molecular weight is 358 g/mol. The van der Waals surface area contributed by atoms with Crippen molar-refractivity contribution in [3.63, 3.8) is 0 Å². The molecule has 3 heteroatoms. The molecular formula is C23H35NO2. The van der Waals surface area contributed by atoms with E-state index in [1.54, 1.807) is 0 Å². The summed E-state index contributed by atoms with van der Waals surface area (Å²) in [5, 5.41) is 0. The van der Waals surface area contributed by atoms with Crippen molar-refractivity contribution in [2.45, 2.75) is 64.8 Å². The van der Waals surface area contributed by atoms with Crippen molar-refractivity contribution in [1.82, 2.24) is 4.90 Å². The molecule has 0 aliphatic heterocycles. The number of carbonyl (C=O) groups excluding carboxylic acids is 1. The summed E-state index contributed by atoms with van der Waals surface area (Å²) in [4.78, 5) is 14.3. The fraction of sp³-hybridized carbons (Fsp3) is 0.609. The highest BCUT2D eigenvalue weighted by Crippen LogP contribution is 2.29. The van der Waals surface area contributed by atoms with Gasteiger partial charge in [-0.05, 0) is 57.0 Å². The molecule has 1 aliphatic carbocycles. The Kier molecular flexibility index (Phi) is 8.37. The van der Waals surface area contributed by atoms with Gasteiger partial charge in [-0.3, -0.25) is 4.79 Å². The molecule has 0 amide bonds. The zero-order valence-corrected chi connectivity index (χ0v) is 16.9. The minimum Gasteiger partial charge on any atom is -0.426 e. The van der Waals surface area contributed by atoms with Crippen LogP contribution in [-0.2, 0) is 4.79 Å². The predicted octanol–water partition coefficient (Wildman–Crippen LogP) is 5.77. The van der Waals surface area contributed by atoms with E-state index in [1.807, 2.05) is 38.4 Å². The Balaban J connectivity index is 1.78. The first-order chi connectivity index (χ1) is 12.5. The summed E-state index contributed by atoms with van der Waals surface area (Å²) in [5.74, 6) is 1.84. The Bertz CT molecular complexity index is 588. The zero-order valence-electron chi connectivity index (χ0n) is 16.9. The molecule has 0 aromatic heterocycles. The first-order valence-electron chi connectivity index (χ1n) is 10.1. The molecule has 1 saturated carbocycles. The third kappa shape index (κ3) is 6.95. The molecule has 1 aromatic carbocycles. The van der Waals surface area contributed by atoms with Crippen molar-refractivity contribution >= 4 is 5.97 Å². The number of hydrogen-bond acceptors (Lipinski definition) is 3. The minimum absolute atomic E-state index is 0.194. The number of ether oxygens (including phenoxy) is 1. The first kappa shape index (κ1) is 20.7. The molecule has 0 spiro atoms. The second-order valence-electron chi connectivity index (χ2n) is 8.04. The van der Waals surface area contributed by atoms with Crippen LogP contribution in [0, 0.1) is 11.8 Å². The van der Waals surface area contributed by atoms with Gasteiger partial charge in [0, 0.05) is 6.04 Å². The Hall–Kier alpha value is -1.61. The largest absolute Gasteiger partial charge is 0.426 e. The highest BCUT2D eigenvalue weighted by molar-refractivity contribution is 5.74. The van der Waals surface area contributed by atoms with Gasteiger partial charge in [-0.25, -0.2) is 0 Å². The van der Waals surface area contributed by atoms with E-state index in [0.717, 1.165) is 11.5 Å². The van der Waals surface area contributed by atoms with Crippen LogP contribution in [0.2, 0.25) is 0 Å². The van der Waals surface area contributed by atoms with Crippen LogP contribution in [0.5, 0.6) is 5.75 Å². The third-order valence-corrected chi connectivity index (χ3v) is 5.53. The third-order valence-electron chi connectivity index (χ3n) is 5.53. The SMILES string of the molecule is CC(C=CCC(=O)Oc1cccc(C(C)N(C)C)c1)CC1CCCCC1. The quantitative estimate of drug-likeness (QED) is 0.336. The van der Waals surface area contributed by atoms with Gasteiger partial charge in [-0.1, -0.05) is 63.3 Å². The summed E-state index contributed by atoms with van der Waals surface area (Å²) in [6.07, 6.45) is 12.7. The molecule has 0 bridgehead atoms. The highest BCUT2D eigenvalue weighted by atomic mass is 16.5. The highest BCUT2D eigenvalue weighted by Gasteiger charge is 2.15. The lowest BCUT2D eigenvalue weighted by Gasteiger charge is -2.23. The van der Waals surface area contributed by atoms with Crippen LogP contribution in [-0.4, -0.2) is 25.0 Å². The van der Waals surface area contributed by atoms with Crippen molar-refractivity contribution in [2.24, 2.45) is 11.8 Å². The molecule has 2 unspecified atom stereocenters. The maximum absolute atomic E-state index is 12.1. The van der Waals surface area contributed by atoms with Gasteiger partial charge in [-0.2, -0.15) is 0 Å². The van der Waals surface area contributed by atoms with Gasteiger partial charge in [0.2, 0.25) is 0 Å². The molecule has 0 N–H and O–H groups in total. The van der Waals surface area contributed by atoms with Crippen molar-refractivity contribution in [3.05, 3.63) is 42.0 Å². The van der Waals surface area contributed by atoms with E-state index in [1.165, 1.54) is 38.5 Å². The van der Waals surface area contributed by atoms with Crippen molar-refractivity contribution in [3.8, 4) is 5.75 Å². The molecule has 144 valence electrons. The minimum atomic E-state index is -0.194. The number of nitrogens with zero attached hydrogens (tertiary/aromatic N) is 1. The van der Waals surface area contributed by atoms with Gasteiger partial charge in [0.25, 0.3) is 0 Å². The van der Waals surface area contributed by atoms with E-state index in [0.29, 0.717) is 18.1 Å². The molecule has 0 saturated heterocycles. The molecule has 0 radical (unpaired) electrons. The Morgan fingerprint density at radius 1 is 1.23 bits per heavy atom. The molecule has 1 fully saturated rings. The van der Waals surface area contributed by atoms with Crippen LogP contribution < -0.4 is 4.74 Å². The van der Waals surface area contributed by atoms with Gasteiger partial charge in [0.15, 0.2) is 0 Å². The van der Waals surface area contributed by atoms with Gasteiger partial charge in [-0.15, -0.1) is 0 Å². The number of hydrogen-bond donors (Lipinski definition) is 0. The van der Waals surface area contributed by atoms with E-state index in [9.17, 15) is 4.79 Å². The van der Waals surface area contributed by atoms with Gasteiger partial charge >= 0.3 is 5.97 Å². The maximum Gasteiger partial charge on any atom is 0.315 e. The maximum atomic E-state index is 12.1. The van der Waals surface area contributed by atoms with Crippen LogP contribution in [0.3, 0.4) is 0 Å². The van der Waals surface area contributed by atoms with E-state index < -0.39 is 0 Å². The number of allylic oxidation sites excluding steroid dienone is 1. The van der Waals surface area contributed by atoms with E-state index in [-0.39, 0.29) is 12.0 Å². The topological polar surface area (TPSA) is 29.5 Å².